The largest absolute Gasteiger partial charge is 0.368 e. The van der Waals surface area contributed by atoms with E-state index in [1.165, 1.54) is 11.3 Å². The molecule has 2 saturated heterocycles. The summed E-state index contributed by atoms with van der Waals surface area (Å²) in [6.07, 6.45) is 1.72. The van der Waals surface area contributed by atoms with Crippen LogP contribution in [0.25, 0.3) is 11.3 Å². The Morgan fingerprint density at radius 1 is 0.824 bits per heavy atom. The van der Waals surface area contributed by atoms with Crippen molar-refractivity contribution in [2.75, 3.05) is 49.1 Å². The van der Waals surface area contributed by atoms with Crippen molar-refractivity contribution in [1.82, 2.24) is 15.1 Å². The fourth-order valence-electron chi connectivity index (χ4n) is 4.95. The molecule has 0 spiro atoms. The van der Waals surface area contributed by atoms with E-state index in [1.807, 2.05) is 53.4 Å². The lowest BCUT2D eigenvalue weighted by molar-refractivity contribution is -0.136. The van der Waals surface area contributed by atoms with Crippen LogP contribution in [-0.4, -0.2) is 60.3 Å². The van der Waals surface area contributed by atoms with Crippen molar-refractivity contribution >= 4 is 29.0 Å². The fraction of sp³-hybridized carbons (Fsp3) is 0.370. The van der Waals surface area contributed by atoms with Gasteiger partial charge in [-0.1, -0.05) is 35.9 Å². The Hall–Kier alpha value is -3.12. The van der Waals surface area contributed by atoms with E-state index in [0.717, 1.165) is 74.2 Å². The minimum Gasteiger partial charge on any atom is -0.368 e. The van der Waals surface area contributed by atoms with E-state index in [2.05, 4.69) is 39.1 Å². The monoisotopic (exact) mass is 475 g/mol. The highest BCUT2D eigenvalue weighted by molar-refractivity contribution is 6.30. The van der Waals surface area contributed by atoms with Gasteiger partial charge in [0.2, 0.25) is 5.91 Å². The number of carbonyl (C=O) groups excluding carboxylic acids is 1. The molecule has 0 N–H and O–H groups in total. The summed E-state index contributed by atoms with van der Waals surface area (Å²) in [5.74, 6) is 1.29. The summed E-state index contributed by atoms with van der Waals surface area (Å²) < 4.78 is 0. The van der Waals surface area contributed by atoms with Gasteiger partial charge >= 0.3 is 0 Å². The number of piperazine rings is 1. The van der Waals surface area contributed by atoms with Gasteiger partial charge in [-0.2, -0.15) is 0 Å². The molecule has 3 aromatic rings. The molecule has 0 unspecified atom stereocenters. The molecule has 2 aliphatic heterocycles. The van der Waals surface area contributed by atoms with Gasteiger partial charge in [0.05, 0.1) is 5.69 Å². The highest BCUT2D eigenvalue weighted by atomic mass is 35.5. The number of benzene rings is 2. The first-order valence-corrected chi connectivity index (χ1v) is 12.4. The third kappa shape index (κ3) is 4.87. The maximum absolute atomic E-state index is 13.2. The van der Waals surface area contributed by atoms with Crippen LogP contribution in [0.4, 0.5) is 11.5 Å². The maximum Gasteiger partial charge on any atom is 0.225 e. The van der Waals surface area contributed by atoms with E-state index >= 15 is 0 Å². The number of aryl methyl sites for hydroxylation is 1. The van der Waals surface area contributed by atoms with Gasteiger partial charge in [-0.25, -0.2) is 0 Å². The predicted octanol–water partition coefficient (Wildman–Crippen LogP) is 4.67. The van der Waals surface area contributed by atoms with Crippen molar-refractivity contribution in [3.8, 4) is 11.3 Å². The Bertz CT molecular complexity index is 1120. The number of hydrogen-bond acceptors (Lipinski definition) is 5. The lowest BCUT2D eigenvalue weighted by atomic mass is 9.95. The molecule has 2 aromatic carbocycles. The lowest BCUT2D eigenvalue weighted by Crippen LogP contribution is -2.51. The summed E-state index contributed by atoms with van der Waals surface area (Å²) in [7, 11) is 0. The van der Waals surface area contributed by atoms with Crippen molar-refractivity contribution in [1.29, 1.82) is 0 Å². The number of piperidine rings is 1. The van der Waals surface area contributed by atoms with E-state index in [0.29, 0.717) is 5.91 Å². The quantitative estimate of drug-likeness (QED) is 0.548. The second kappa shape index (κ2) is 10.0. The fourth-order valence-corrected chi connectivity index (χ4v) is 5.07. The summed E-state index contributed by atoms with van der Waals surface area (Å²) in [4.78, 5) is 19.8. The molecule has 1 amide bonds. The molecular weight excluding hydrogens is 446 g/mol. The lowest BCUT2D eigenvalue weighted by Gasteiger charge is -2.39. The zero-order valence-electron chi connectivity index (χ0n) is 19.5. The number of carbonyl (C=O) groups is 1. The first-order chi connectivity index (χ1) is 16.6. The van der Waals surface area contributed by atoms with Gasteiger partial charge in [0.25, 0.3) is 0 Å². The van der Waals surface area contributed by atoms with E-state index in [-0.39, 0.29) is 5.92 Å². The molecule has 2 aliphatic rings. The molecule has 0 aliphatic carbocycles. The van der Waals surface area contributed by atoms with E-state index in [4.69, 9.17) is 11.6 Å². The molecule has 34 heavy (non-hydrogen) atoms. The van der Waals surface area contributed by atoms with Crippen LogP contribution in [0, 0.1) is 12.8 Å². The highest BCUT2D eigenvalue weighted by Gasteiger charge is 2.31. The molecule has 5 rings (SSSR count). The number of rotatable bonds is 4. The van der Waals surface area contributed by atoms with E-state index in [9.17, 15) is 4.79 Å². The molecule has 0 atom stereocenters. The van der Waals surface area contributed by atoms with Crippen LogP contribution in [0.1, 0.15) is 18.4 Å². The summed E-state index contributed by atoms with van der Waals surface area (Å²) in [5, 5.41) is 9.71. The number of amides is 1. The highest BCUT2D eigenvalue weighted by Crippen LogP contribution is 2.27. The number of nitrogens with zero attached hydrogens (tertiary/aromatic N) is 5. The van der Waals surface area contributed by atoms with Crippen LogP contribution in [0.2, 0.25) is 5.02 Å². The molecule has 1 aromatic heterocycles. The topological polar surface area (TPSA) is 52.6 Å². The minimum absolute atomic E-state index is 0.0949. The number of hydrogen-bond donors (Lipinski definition) is 0. The summed E-state index contributed by atoms with van der Waals surface area (Å²) in [5.41, 5.74) is 4.36. The van der Waals surface area contributed by atoms with Crippen molar-refractivity contribution < 1.29 is 4.79 Å². The number of aromatic nitrogens is 2. The maximum atomic E-state index is 13.2. The third-order valence-corrected chi connectivity index (χ3v) is 7.27. The first kappa shape index (κ1) is 22.7. The Balaban J connectivity index is 1.13. The average Bonchev–Trinajstić information content (AvgIpc) is 2.89. The van der Waals surface area contributed by atoms with Crippen molar-refractivity contribution in [3.05, 3.63) is 71.2 Å². The van der Waals surface area contributed by atoms with Crippen molar-refractivity contribution in [3.63, 3.8) is 0 Å². The van der Waals surface area contributed by atoms with Crippen LogP contribution >= 0.6 is 11.6 Å². The zero-order chi connectivity index (χ0) is 23.5. The van der Waals surface area contributed by atoms with Crippen molar-refractivity contribution in [2.24, 2.45) is 5.92 Å². The second-order valence-electron chi connectivity index (χ2n) is 9.14. The minimum atomic E-state index is 0.0949. The Kier molecular flexibility index (Phi) is 6.68. The predicted molar refractivity (Wildman–Crippen MR) is 137 cm³/mol. The van der Waals surface area contributed by atoms with E-state index in [1.54, 1.807) is 0 Å². The zero-order valence-corrected chi connectivity index (χ0v) is 20.3. The van der Waals surface area contributed by atoms with Crippen LogP contribution in [0.15, 0.2) is 60.7 Å². The molecule has 3 heterocycles. The molecule has 0 saturated carbocycles. The van der Waals surface area contributed by atoms with Gasteiger partial charge in [-0.15, -0.1) is 10.2 Å². The molecule has 2 fully saturated rings. The van der Waals surface area contributed by atoms with Gasteiger partial charge in [-0.3, -0.25) is 4.79 Å². The third-order valence-electron chi connectivity index (χ3n) is 7.02. The summed E-state index contributed by atoms with van der Waals surface area (Å²) in [6.45, 7) is 7.01. The number of halogens is 1. The average molecular weight is 476 g/mol. The van der Waals surface area contributed by atoms with Gasteiger partial charge in [0.1, 0.15) is 0 Å². The van der Waals surface area contributed by atoms with Gasteiger partial charge in [-0.05, 0) is 61.7 Å². The van der Waals surface area contributed by atoms with Gasteiger partial charge in [0, 0.05) is 61.5 Å². The Morgan fingerprint density at radius 3 is 2.18 bits per heavy atom. The second-order valence-corrected chi connectivity index (χ2v) is 9.58. The van der Waals surface area contributed by atoms with Gasteiger partial charge in [0.15, 0.2) is 5.82 Å². The van der Waals surface area contributed by atoms with E-state index < -0.39 is 0 Å². The normalized spacial score (nSPS) is 17.2. The smallest absolute Gasteiger partial charge is 0.225 e. The first-order valence-electron chi connectivity index (χ1n) is 12.0. The SMILES string of the molecule is Cc1ccccc1-c1ccc(N2CCC(C(=O)N3CCN(c4ccc(Cl)cc4)CC3)CC2)nn1. The molecule has 176 valence electrons. The Labute approximate surface area is 206 Å². The molecule has 7 heteroatoms. The van der Waals surface area contributed by atoms with Crippen LogP contribution in [0.3, 0.4) is 0 Å². The van der Waals surface area contributed by atoms with Crippen LogP contribution in [0.5, 0.6) is 0 Å². The van der Waals surface area contributed by atoms with Crippen LogP contribution < -0.4 is 9.80 Å². The molecule has 0 bridgehead atoms. The molecular formula is C27H30ClN5O. The molecule has 6 nitrogen and oxygen atoms in total. The van der Waals surface area contributed by atoms with Gasteiger partial charge < -0.3 is 14.7 Å². The number of anilines is 2. The Morgan fingerprint density at radius 2 is 1.53 bits per heavy atom. The summed E-state index contributed by atoms with van der Waals surface area (Å²) >= 11 is 6.01. The van der Waals surface area contributed by atoms with Crippen molar-refractivity contribution in [2.45, 2.75) is 19.8 Å². The summed E-state index contributed by atoms with van der Waals surface area (Å²) in [6, 6.07) is 20.2. The van der Waals surface area contributed by atoms with Crippen LogP contribution in [-0.2, 0) is 4.79 Å². The molecule has 0 radical (unpaired) electrons. The standard InChI is InChI=1S/C27H30ClN5O/c1-20-4-2-3-5-24(20)25-10-11-26(30-29-25)32-14-12-21(13-15-32)27(34)33-18-16-31(17-19-33)23-8-6-22(28)7-9-23/h2-11,21H,12-19H2,1H3.